The first-order valence-electron chi connectivity index (χ1n) is 5.94. The minimum Gasteiger partial charge on any atom is -0.468 e. The van der Waals surface area contributed by atoms with E-state index in [-0.39, 0.29) is 5.41 Å². The predicted octanol–water partition coefficient (Wildman–Crippen LogP) is 2.39. The van der Waals surface area contributed by atoms with Crippen LogP contribution < -0.4 is 5.73 Å². The van der Waals surface area contributed by atoms with Crippen molar-refractivity contribution in [2.24, 2.45) is 11.1 Å². The minimum atomic E-state index is 0.163. The first-order chi connectivity index (χ1) is 7.48. The van der Waals surface area contributed by atoms with Crippen LogP contribution >= 0.6 is 0 Å². The van der Waals surface area contributed by atoms with Crippen molar-refractivity contribution in [2.45, 2.75) is 34.2 Å². The van der Waals surface area contributed by atoms with Crippen LogP contribution in [-0.2, 0) is 6.54 Å². The molecule has 0 spiro atoms. The number of nitrogens with two attached hydrogens (primary N) is 1. The quantitative estimate of drug-likeness (QED) is 0.806. The lowest BCUT2D eigenvalue weighted by atomic mass is 9.93. The fourth-order valence-electron chi connectivity index (χ4n) is 1.72. The largest absolute Gasteiger partial charge is 0.468 e. The Morgan fingerprint density at radius 3 is 2.56 bits per heavy atom. The standard InChI is InChI=1S/C13H24N2O/c1-5-15(10-13(3,4)9-14)8-12-11(2)6-7-16-12/h6-7H,5,8-10,14H2,1-4H3. The molecule has 1 aromatic heterocycles. The molecule has 1 aromatic rings. The van der Waals surface area contributed by atoms with E-state index in [1.807, 2.05) is 6.07 Å². The molecule has 3 heteroatoms. The van der Waals surface area contributed by atoms with Gasteiger partial charge in [0, 0.05) is 6.54 Å². The van der Waals surface area contributed by atoms with Gasteiger partial charge < -0.3 is 10.2 Å². The third kappa shape index (κ3) is 3.65. The van der Waals surface area contributed by atoms with Crippen LogP contribution in [0.15, 0.2) is 16.7 Å². The fourth-order valence-corrected chi connectivity index (χ4v) is 1.72. The highest BCUT2D eigenvalue weighted by molar-refractivity contribution is 5.14. The van der Waals surface area contributed by atoms with Crippen LogP contribution in [0.1, 0.15) is 32.1 Å². The van der Waals surface area contributed by atoms with Crippen LogP contribution in [0.3, 0.4) is 0 Å². The molecule has 0 aliphatic rings. The molecule has 0 aliphatic carbocycles. The lowest BCUT2D eigenvalue weighted by Gasteiger charge is -2.30. The number of hydrogen-bond donors (Lipinski definition) is 1. The Labute approximate surface area is 98.6 Å². The highest BCUT2D eigenvalue weighted by atomic mass is 16.3. The molecule has 92 valence electrons. The van der Waals surface area contributed by atoms with E-state index in [1.165, 1.54) is 5.56 Å². The average molecular weight is 224 g/mol. The van der Waals surface area contributed by atoms with E-state index in [4.69, 9.17) is 10.2 Å². The monoisotopic (exact) mass is 224 g/mol. The zero-order valence-corrected chi connectivity index (χ0v) is 10.9. The van der Waals surface area contributed by atoms with Gasteiger partial charge in [0.15, 0.2) is 0 Å². The van der Waals surface area contributed by atoms with E-state index in [2.05, 4.69) is 32.6 Å². The predicted molar refractivity (Wildman–Crippen MR) is 67.2 cm³/mol. The van der Waals surface area contributed by atoms with E-state index in [1.54, 1.807) is 6.26 Å². The molecule has 3 nitrogen and oxygen atoms in total. The molecule has 0 saturated carbocycles. The van der Waals surface area contributed by atoms with Crippen molar-refractivity contribution in [1.29, 1.82) is 0 Å². The Kier molecular flexibility index (Phi) is 4.56. The Bertz CT molecular complexity index is 317. The fraction of sp³-hybridized carbons (Fsp3) is 0.692. The molecule has 0 saturated heterocycles. The molecule has 1 rings (SSSR count). The van der Waals surface area contributed by atoms with E-state index >= 15 is 0 Å². The number of furan rings is 1. The molecule has 0 amide bonds. The maximum Gasteiger partial charge on any atom is 0.120 e. The van der Waals surface area contributed by atoms with Crippen molar-refractivity contribution >= 4 is 0 Å². The molecule has 0 radical (unpaired) electrons. The summed E-state index contributed by atoms with van der Waals surface area (Å²) in [4.78, 5) is 2.37. The zero-order valence-electron chi connectivity index (χ0n) is 10.9. The summed E-state index contributed by atoms with van der Waals surface area (Å²) in [5, 5.41) is 0. The van der Waals surface area contributed by atoms with Gasteiger partial charge in [-0.25, -0.2) is 0 Å². The van der Waals surface area contributed by atoms with Crippen molar-refractivity contribution in [3.8, 4) is 0 Å². The summed E-state index contributed by atoms with van der Waals surface area (Å²) in [7, 11) is 0. The van der Waals surface area contributed by atoms with Crippen molar-refractivity contribution in [2.75, 3.05) is 19.6 Å². The number of nitrogens with zero attached hydrogens (tertiary/aromatic N) is 1. The summed E-state index contributed by atoms with van der Waals surface area (Å²) >= 11 is 0. The van der Waals surface area contributed by atoms with E-state index in [0.29, 0.717) is 6.54 Å². The van der Waals surface area contributed by atoms with Crippen molar-refractivity contribution < 1.29 is 4.42 Å². The SMILES string of the molecule is CCN(Cc1occc1C)CC(C)(C)CN. The normalized spacial score (nSPS) is 12.4. The van der Waals surface area contributed by atoms with Gasteiger partial charge in [-0.2, -0.15) is 0 Å². The smallest absolute Gasteiger partial charge is 0.120 e. The summed E-state index contributed by atoms with van der Waals surface area (Å²) in [5.74, 6) is 1.06. The van der Waals surface area contributed by atoms with Crippen LogP contribution in [0.25, 0.3) is 0 Å². The molecular formula is C13H24N2O. The molecule has 0 unspecified atom stereocenters. The maximum absolute atomic E-state index is 5.76. The van der Waals surface area contributed by atoms with Gasteiger partial charge >= 0.3 is 0 Å². The molecule has 0 fully saturated rings. The van der Waals surface area contributed by atoms with Crippen molar-refractivity contribution in [3.63, 3.8) is 0 Å². The summed E-state index contributed by atoms with van der Waals surface area (Å²) in [6.07, 6.45) is 1.76. The average Bonchev–Trinajstić information content (AvgIpc) is 2.63. The summed E-state index contributed by atoms with van der Waals surface area (Å²) < 4.78 is 5.47. The topological polar surface area (TPSA) is 42.4 Å². The van der Waals surface area contributed by atoms with Gasteiger partial charge in [0.2, 0.25) is 0 Å². The van der Waals surface area contributed by atoms with Crippen molar-refractivity contribution in [1.82, 2.24) is 4.90 Å². The molecule has 0 atom stereocenters. The number of rotatable bonds is 6. The van der Waals surface area contributed by atoms with Crippen LogP contribution in [0.2, 0.25) is 0 Å². The number of hydrogen-bond acceptors (Lipinski definition) is 3. The Balaban J connectivity index is 2.59. The molecule has 2 N–H and O–H groups in total. The molecule has 16 heavy (non-hydrogen) atoms. The zero-order chi connectivity index (χ0) is 12.2. The molecule has 0 bridgehead atoms. The molecule has 1 heterocycles. The van der Waals surface area contributed by atoms with Crippen LogP contribution in [0.4, 0.5) is 0 Å². The lowest BCUT2D eigenvalue weighted by molar-refractivity contribution is 0.172. The second-order valence-electron chi connectivity index (χ2n) is 5.20. The second-order valence-corrected chi connectivity index (χ2v) is 5.20. The minimum absolute atomic E-state index is 0.163. The highest BCUT2D eigenvalue weighted by Gasteiger charge is 2.20. The van der Waals surface area contributed by atoms with E-state index in [9.17, 15) is 0 Å². The third-order valence-electron chi connectivity index (χ3n) is 2.99. The van der Waals surface area contributed by atoms with Gasteiger partial charge in [0.05, 0.1) is 12.8 Å². The summed E-state index contributed by atoms with van der Waals surface area (Å²) in [6, 6.07) is 2.01. The lowest BCUT2D eigenvalue weighted by Crippen LogP contribution is -2.38. The van der Waals surface area contributed by atoms with Gasteiger partial charge in [-0.1, -0.05) is 20.8 Å². The van der Waals surface area contributed by atoms with Gasteiger partial charge in [-0.15, -0.1) is 0 Å². The molecular weight excluding hydrogens is 200 g/mol. The first kappa shape index (κ1) is 13.3. The summed E-state index contributed by atoms with van der Waals surface area (Å²) in [5.41, 5.74) is 7.15. The van der Waals surface area contributed by atoms with Crippen LogP contribution in [0.5, 0.6) is 0 Å². The molecule has 0 aromatic carbocycles. The highest BCUT2D eigenvalue weighted by Crippen LogP contribution is 2.18. The number of aryl methyl sites for hydroxylation is 1. The Hall–Kier alpha value is -0.800. The van der Waals surface area contributed by atoms with Gasteiger partial charge in [0.25, 0.3) is 0 Å². The van der Waals surface area contributed by atoms with Gasteiger partial charge in [-0.05, 0) is 37.1 Å². The van der Waals surface area contributed by atoms with E-state index in [0.717, 1.165) is 25.4 Å². The Morgan fingerprint density at radius 1 is 1.44 bits per heavy atom. The van der Waals surface area contributed by atoms with Gasteiger partial charge in [0.1, 0.15) is 5.76 Å². The van der Waals surface area contributed by atoms with Crippen molar-refractivity contribution in [3.05, 3.63) is 23.7 Å². The van der Waals surface area contributed by atoms with Crippen LogP contribution in [-0.4, -0.2) is 24.5 Å². The second kappa shape index (κ2) is 5.51. The van der Waals surface area contributed by atoms with Crippen LogP contribution in [0, 0.1) is 12.3 Å². The van der Waals surface area contributed by atoms with E-state index < -0.39 is 0 Å². The Morgan fingerprint density at radius 2 is 2.12 bits per heavy atom. The third-order valence-corrected chi connectivity index (χ3v) is 2.99. The molecule has 0 aliphatic heterocycles. The maximum atomic E-state index is 5.76. The first-order valence-corrected chi connectivity index (χ1v) is 5.94. The summed E-state index contributed by atoms with van der Waals surface area (Å²) in [6.45, 7) is 12.3. The van der Waals surface area contributed by atoms with Gasteiger partial charge in [-0.3, -0.25) is 4.90 Å².